The maximum absolute atomic E-state index is 11.3. The number of hydrogen-bond donors (Lipinski definition) is 1. The average Bonchev–Trinajstić information content (AvgIpc) is 2.55. The van der Waals surface area contributed by atoms with Gasteiger partial charge in [0.25, 0.3) is 0 Å². The molecule has 0 spiro atoms. The van der Waals surface area contributed by atoms with E-state index in [0.29, 0.717) is 17.5 Å². The summed E-state index contributed by atoms with van der Waals surface area (Å²) in [4.78, 5) is 0. The van der Waals surface area contributed by atoms with Crippen LogP contribution in [-0.2, 0) is 14.6 Å². The second kappa shape index (κ2) is 5.67. The second-order valence-corrected chi connectivity index (χ2v) is 7.98. The molecule has 0 aromatic rings. The maximum Gasteiger partial charge on any atom is 0.150 e. The molecule has 102 valence electrons. The predicted octanol–water partition coefficient (Wildman–Crippen LogP) is 1.21. The number of hydrogen-bond acceptors (Lipinski definition) is 4. The molecule has 1 fully saturated rings. The minimum absolute atomic E-state index is 0.131. The largest absolute Gasteiger partial charge is 0.379 e. The highest BCUT2D eigenvalue weighted by Crippen LogP contribution is 2.19. The van der Waals surface area contributed by atoms with Gasteiger partial charge in [0.15, 0.2) is 9.84 Å². The van der Waals surface area contributed by atoms with E-state index in [4.69, 9.17) is 4.74 Å². The quantitative estimate of drug-likeness (QED) is 0.783. The van der Waals surface area contributed by atoms with Gasteiger partial charge in [-0.2, -0.15) is 0 Å². The van der Waals surface area contributed by atoms with Crippen molar-refractivity contribution in [1.29, 1.82) is 0 Å². The zero-order valence-corrected chi connectivity index (χ0v) is 12.1. The Morgan fingerprint density at radius 1 is 1.47 bits per heavy atom. The van der Waals surface area contributed by atoms with Gasteiger partial charge >= 0.3 is 0 Å². The second-order valence-electron chi connectivity index (χ2n) is 5.75. The van der Waals surface area contributed by atoms with Crippen molar-refractivity contribution in [1.82, 2.24) is 5.32 Å². The smallest absolute Gasteiger partial charge is 0.150 e. The molecule has 2 atom stereocenters. The molecule has 17 heavy (non-hydrogen) atoms. The van der Waals surface area contributed by atoms with E-state index in [2.05, 4.69) is 26.1 Å². The van der Waals surface area contributed by atoms with E-state index in [1.807, 2.05) is 0 Å². The van der Waals surface area contributed by atoms with Gasteiger partial charge in [0.2, 0.25) is 0 Å². The molecule has 1 heterocycles. The molecular formula is C12H25NO3S. The molecule has 0 saturated carbocycles. The topological polar surface area (TPSA) is 55.4 Å². The lowest BCUT2D eigenvalue weighted by Gasteiger charge is -2.27. The van der Waals surface area contributed by atoms with Crippen LogP contribution in [0.3, 0.4) is 0 Å². The van der Waals surface area contributed by atoms with Crippen molar-refractivity contribution in [2.45, 2.75) is 45.3 Å². The molecule has 1 aliphatic heterocycles. The summed E-state index contributed by atoms with van der Waals surface area (Å²) in [5.41, 5.74) is -0.131. The Bertz CT molecular complexity index is 338. The molecule has 1 rings (SSSR count). The van der Waals surface area contributed by atoms with Gasteiger partial charge in [0.05, 0.1) is 17.1 Å². The van der Waals surface area contributed by atoms with E-state index in [0.717, 1.165) is 19.4 Å². The van der Waals surface area contributed by atoms with Crippen molar-refractivity contribution >= 4 is 9.84 Å². The standard InChI is InChI=1S/C12H25NO3S/c1-10(7-12(2,3)16-4)13-8-11-5-6-17(14,15)9-11/h10-11,13H,5-9H2,1-4H3. The van der Waals surface area contributed by atoms with E-state index in [-0.39, 0.29) is 11.5 Å². The summed E-state index contributed by atoms with van der Waals surface area (Å²) in [5.74, 6) is 0.991. The fourth-order valence-electron chi connectivity index (χ4n) is 2.29. The van der Waals surface area contributed by atoms with Crippen LogP contribution in [0, 0.1) is 5.92 Å². The lowest BCUT2D eigenvalue weighted by Crippen LogP contribution is -2.38. The number of nitrogens with one attached hydrogen (secondary N) is 1. The average molecular weight is 263 g/mol. The maximum atomic E-state index is 11.3. The monoisotopic (exact) mass is 263 g/mol. The van der Waals surface area contributed by atoms with Crippen molar-refractivity contribution in [3.05, 3.63) is 0 Å². The third-order valence-corrected chi connectivity index (χ3v) is 5.27. The van der Waals surface area contributed by atoms with Crippen LogP contribution in [0.25, 0.3) is 0 Å². The Kier molecular flexibility index (Phi) is 4.98. The number of ether oxygens (including phenoxy) is 1. The van der Waals surface area contributed by atoms with E-state index < -0.39 is 9.84 Å². The highest BCUT2D eigenvalue weighted by atomic mass is 32.2. The van der Waals surface area contributed by atoms with Crippen molar-refractivity contribution in [2.24, 2.45) is 5.92 Å². The molecule has 1 N–H and O–H groups in total. The van der Waals surface area contributed by atoms with Gasteiger partial charge in [-0.05, 0) is 46.1 Å². The molecule has 1 saturated heterocycles. The Labute approximate surface area is 105 Å². The van der Waals surface area contributed by atoms with E-state index in [9.17, 15) is 8.42 Å². The Hall–Kier alpha value is -0.130. The fourth-order valence-corrected chi connectivity index (χ4v) is 4.16. The summed E-state index contributed by atoms with van der Waals surface area (Å²) in [7, 11) is -1.03. The first-order valence-corrected chi connectivity index (χ1v) is 8.05. The van der Waals surface area contributed by atoms with Gasteiger partial charge in [-0.3, -0.25) is 0 Å². The summed E-state index contributed by atoms with van der Waals surface area (Å²) >= 11 is 0. The molecule has 0 bridgehead atoms. The van der Waals surface area contributed by atoms with Gasteiger partial charge in [-0.25, -0.2) is 8.42 Å². The summed E-state index contributed by atoms with van der Waals surface area (Å²) in [6.45, 7) is 7.03. The van der Waals surface area contributed by atoms with E-state index >= 15 is 0 Å². The van der Waals surface area contributed by atoms with Crippen molar-refractivity contribution < 1.29 is 13.2 Å². The summed E-state index contributed by atoms with van der Waals surface area (Å²) in [6.07, 6.45) is 1.72. The minimum Gasteiger partial charge on any atom is -0.379 e. The van der Waals surface area contributed by atoms with Crippen LogP contribution in [0.1, 0.15) is 33.6 Å². The molecule has 2 unspecified atom stereocenters. The van der Waals surface area contributed by atoms with Gasteiger partial charge < -0.3 is 10.1 Å². The fraction of sp³-hybridized carbons (Fsp3) is 1.00. The summed E-state index contributed by atoms with van der Waals surface area (Å²) in [6, 6.07) is 0.341. The zero-order valence-electron chi connectivity index (χ0n) is 11.3. The first-order valence-electron chi connectivity index (χ1n) is 6.23. The Morgan fingerprint density at radius 2 is 2.12 bits per heavy atom. The van der Waals surface area contributed by atoms with Crippen LogP contribution >= 0.6 is 0 Å². The Balaban J connectivity index is 2.27. The molecule has 0 aromatic heterocycles. The number of sulfone groups is 1. The SMILES string of the molecule is COC(C)(C)CC(C)NCC1CCS(=O)(=O)C1. The highest BCUT2D eigenvalue weighted by molar-refractivity contribution is 7.91. The van der Waals surface area contributed by atoms with Crippen LogP contribution < -0.4 is 5.32 Å². The van der Waals surface area contributed by atoms with Crippen molar-refractivity contribution in [2.75, 3.05) is 25.2 Å². The molecule has 0 amide bonds. The van der Waals surface area contributed by atoms with Crippen molar-refractivity contribution in [3.8, 4) is 0 Å². The lowest BCUT2D eigenvalue weighted by atomic mass is 9.99. The van der Waals surface area contributed by atoms with Gasteiger partial charge in [0.1, 0.15) is 0 Å². The van der Waals surface area contributed by atoms with Crippen LogP contribution in [0.4, 0.5) is 0 Å². The van der Waals surface area contributed by atoms with Crippen LogP contribution in [0.2, 0.25) is 0 Å². The lowest BCUT2D eigenvalue weighted by molar-refractivity contribution is 0.00837. The highest BCUT2D eigenvalue weighted by Gasteiger charge is 2.28. The number of rotatable bonds is 6. The van der Waals surface area contributed by atoms with E-state index in [1.165, 1.54) is 0 Å². The molecule has 0 aliphatic carbocycles. The molecule has 0 radical (unpaired) electrons. The predicted molar refractivity (Wildman–Crippen MR) is 69.9 cm³/mol. The van der Waals surface area contributed by atoms with Crippen LogP contribution in [0.15, 0.2) is 0 Å². The number of methoxy groups -OCH3 is 1. The third-order valence-electron chi connectivity index (χ3n) is 3.43. The first kappa shape index (κ1) is 14.9. The molecule has 5 heteroatoms. The summed E-state index contributed by atoms with van der Waals surface area (Å²) < 4.78 is 28.0. The first-order chi connectivity index (χ1) is 7.74. The van der Waals surface area contributed by atoms with Crippen molar-refractivity contribution in [3.63, 3.8) is 0 Å². The third kappa shape index (κ3) is 5.36. The van der Waals surface area contributed by atoms with Crippen LogP contribution in [0.5, 0.6) is 0 Å². The zero-order chi connectivity index (χ0) is 13.1. The van der Waals surface area contributed by atoms with Gasteiger partial charge in [-0.15, -0.1) is 0 Å². The minimum atomic E-state index is -2.75. The molecule has 0 aromatic carbocycles. The van der Waals surface area contributed by atoms with E-state index in [1.54, 1.807) is 7.11 Å². The molecule has 4 nitrogen and oxygen atoms in total. The van der Waals surface area contributed by atoms with Gasteiger partial charge in [0, 0.05) is 13.2 Å². The van der Waals surface area contributed by atoms with Crippen LogP contribution in [-0.4, -0.2) is 45.2 Å². The molecular weight excluding hydrogens is 238 g/mol. The molecule has 1 aliphatic rings. The summed E-state index contributed by atoms with van der Waals surface area (Å²) in [5, 5.41) is 3.41. The Morgan fingerprint density at radius 3 is 2.59 bits per heavy atom. The normalized spacial score (nSPS) is 26.0. The van der Waals surface area contributed by atoms with Gasteiger partial charge in [-0.1, -0.05) is 0 Å².